The number of nitrogens with zero attached hydrogens (tertiary/aromatic N) is 1. The molecule has 0 bridgehead atoms. The maximum atomic E-state index is 10.2. The largest absolute Gasteiger partial charge is 0.508 e. The second-order valence-corrected chi connectivity index (χ2v) is 5.78. The second-order valence-electron chi connectivity index (χ2n) is 5.78. The average Bonchev–Trinajstić information content (AvgIpc) is 2.39. The van der Waals surface area contributed by atoms with E-state index in [1.807, 2.05) is 12.1 Å². The molecule has 2 heteroatoms. The number of hydrogen-bond acceptors (Lipinski definition) is 2. The first-order valence-electron chi connectivity index (χ1n) is 7.73. The van der Waals surface area contributed by atoms with E-state index in [9.17, 15) is 5.11 Å². The van der Waals surface area contributed by atoms with E-state index in [0.717, 1.165) is 6.42 Å². The molecule has 0 saturated carbocycles. The van der Waals surface area contributed by atoms with Crippen LogP contribution in [0.25, 0.3) is 0 Å². The molecule has 0 unspecified atom stereocenters. The van der Waals surface area contributed by atoms with Crippen molar-refractivity contribution in [3.8, 4) is 5.75 Å². The highest BCUT2D eigenvalue weighted by Crippen LogP contribution is 2.39. The van der Waals surface area contributed by atoms with Gasteiger partial charge in [0, 0.05) is 17.5 Å². The van der Waals surface area contributed by atoms with Gasteiger partial charge in [-0.05, 0) is 50.4 Å². The van der Waals surface area contributed by atoms with Crippen LogP contribution >= 0.6 is 0 Å². The van der Waals surface area contributed by atoms with Crippen molar-refractivity contribution in [2.24, 2.45) is 0 Å². The molecule has 0 heterocycles. The number of aryl methyl sites for hydroxylation is 1. The van der Waals surface area contributed by atoms with Gasteiger partial charge in [-0.3, -0.25) is 4.90 Å². The van der Waals surface area contributed by atoms with E-state index < -0.39 is 0 Å². The topological polar surface area (TPSA) is 23.5 Å². The summed E-state index contributed by atoms with van der Waals surface area (Å²) in [6.07, 6.45) is 4.73. The SMILES string of the molecule is CCCN(CCC)[C@@H]1CCc2cccc(O)c2[C@H]1C. The first kappa shape index (κ1) is 14.4. The fourth-order valence-electron chi connectivity index (χ4n) is 3.61. The van der Waals surface area contributed by atoms with E-state index >= 15 is 0 Å². The van der Waals surface area contributed by atoms with Crippen molar-refractivity contribution in [2.75, 3.05) is 13.1 Å². The summed E-state index contributed by atoms with van der Waals surface area (Å²) < 4.78 is 0. The molecule has 1 aromatic rings. The zero-order chi connectivity index (χ0) is 13.8. The third-order valence-corrected chi connectivity index (χ3v) is 4.41. The third-order valence-electron chi connectivity index (χ3n) is 4.41. The molecule has 1 aliphatic carbocycles. The fourth-order valence-corrected chi connectivity index (χ4v) is 3.61. The summed E-state index contributed by atoms with van der Waals surface area (Å²) in [5, 5.41) is 10.2. The predicted octanol–water partition coefficient (Wildman–Crippen LogP) is 3.93. The normalized spacial score (nSPS) is 22.5. The molecule has 2 nitrogen and oxygen atoms in total. The molecule has 2 rings (SSSR count). The summed E-state index contributed by atoms with van der Waals surface area (Å²) in [5.41, 5.74) is 2.53. The number of phenolic OH excluding ortho intramolecular Hbond substituents is 1. The minimum Gasteiger partial charge on any atom is -0.508 e. The highest BCUT2D eigenvalue weighted by atomic mass is 16.3. The van der Waals surface area contributed by atoms with Crippen molar-refractivity contribution >= 4 is 0 Å². The Morgan fingerprint density at radius 1 is 1.21 bits per heavy atom. The van der Waals surface area contributed by atoms with Gasteiger partial charge in [-0.15, -0.1) is 0 Å². The standard InChI is InChI=1S/C17H27NO/c1-4-11-18(12-5-2)15-10-9-14-7-6-8-16(19)17(14)13(15)3/h6-8,13,15,19H,4-5,9-12H2,1-3H3/t13-,15+/m0/s1. The Kier molecular flexibility index (Phi) is 4.87. The third kappa shape index (κ3) is 2.94. The predicted molar refractivity (Wildman–Crippen MR) is 80.8 cm³/mol. The van der Waals surface area contributed by atoms with E-state index in [4.69, 9.17) is 0 Å². The van der Waals surface area contributed by atoms with Crippen LogP contribution in [0.5, 0.6) is 5.75 Å². The molecule has 106 valence electrons. The van der Waals surface area contributed by atoms with Crippen molar-refractivity contribution in [1.82, 2.24) is 4.90 Å². The lowest BCUT2D eigenvalue weighted by atomic mass is 9.79. The summed E-state index contributed by atoms with van der Waals surface area (Å²) in [5.74, 6) is 0.922. The summed E-state index contributed by atoms with van der Waals surface area (Å²) in [6.45, 7) is 9.13. The molecule has 0 amide bonds. The van der Waals surface area contributed by atoms with Gasteiger partial charge < -0.3 is 5.11 Å². The van der Waals surface area contributed by atoms with Crippen LogP contribution in [0.2, 0.25) is 0 Å². The van der Waals surface area contributed by atoms with Crippen molar-refractivity contribution in [1.29, 1.82) is 0 Å². The van der Waals surface area contributed by atoms with Gasteiger partial charge in [0.25, 0.3) is 0 Å². The van der Waals surface area contributed by atoms with Gasteiger partial charge in [-0.1, -0.05) is 32.9 Å². The van der Waals surface area contributed by atoms with Crippen molar-refractivity contribution in [3.05, 3.63) is 29.3 Å². The summed E-state index contributed by atoms with van der Waals surface area (Å²) in [4.78, 5) is 2.63. The average molecular weight is 261 g/mol. The van der Waals surface area contributed by atoms with Crippen LogP contribution in [0.4, 0.5) is 0 Å². The molecule has 1 aromatic carbocycles. The van der Waals surface area contributed by atoms with Crippen LogP contribution in [0.3, 0.4) is 0 Å². The molecular formula is C17H27NO. The second kappa shape index (κ2) is 6.42. The fraction of sp³-hybridized carbons (Fsp3) is 0.647. The van der Waals surface area contributed by atoms with Crippen molar-refractivity contribution in [2.45, 2.75) is 58.4 Å². The van der Waals surface area contributed by atoms with Crippen molar-refractivity contribution in [3.63, 3.8) is 0 Å². The monoisotopic (exact) mass is 261 g/mol. The van der Waals surface area contributed by atoms with Crippen LogP contribution in [0, 0.1) is 0 Å². The lowest BCUT2D eigenvalue weighted by Crippen LogP contribution is -2.42. The van der Waals surface area contributed by atoms with Gasteiger partial charge in [0.15, 0.2) is 0 Å². The van der Waals surface area contributed by atoms with E-state index in [0.29, 0.717) is 17.7 Å². The number of fused-ring (bicyclic) bond motifs is 1. The quantitative estimate of drug-likeness (QED) is 0.868. The Morgan fingerprint density at radius 3 is 2.53 bits per heavy atom. The highest BCUT2D eigenvalue weighted by Gasteiger charge is 2.31. The maximum Gasteiger partial charge on any atom is 0.119 e. The molecule has 1 aliphatic rings. The van der Waals surface area contributed by atoms with E-state index in [-0.39, 0.29) is 0 Å². The zero-order valence-corrected chi connectivity index (χ0v) is 12.5. The zero-order valence-electron chi connectivity index (χ0n) is 12.5. The number of phenols is 1. The molecule has 19 heavy (non-hydrogen) atoms. The van der Waals surface area contributed by atoms with Crippen molar-refractivity contribution < 1.29 is 5.11 Å². The van der Waals surface area contributed by atoms with Crippen LogP contribution in [0.1, 0.15) is 57.1 Å². The number of aromatic hydroxyl groups is 1. The minimum absolute atomic E-state index is 0.433. The summed E-state index contributed by atoms with van der Waals surface area (Å²) in [6, 6.07) is 6.56. The van der Waals surface area contributed by atoms with Crippen LogP contribution in [-0.2, 0) is 6.42 Å². The van der Waals surface area contributed by atoms with Gasteiger partial charge in [0.05, 0.1) is 0 Å². The molecule has 0 radical (unpaired) electrons. The van der Waals surface area contributed by atoms with Crippen LogP contribution in [-0.4, -0.2) is 29.1 Å². The summed E-state index contributed by atoms with van der Waals surface area (Å²) >= 11 is 0. The molecule has 2 atom stereocenters. The first-order chi connectivity index (χ1) is 9.19. The molecule has 0 saturated heterocycles. The van der Waals surface area contributed by atoms with Gasteiger partial charge in [0.2, 0.25) is 0 Å². The highest BCUT2D eigenvalue weighted by molar-refractivity contribution is 5.44. The first-order valence-corrected chi connectivity index (χ1v) is 7.73. The maximum absolute atomic E-state index is 10.2. The molecular weight excluding hydrogens is 234 g/mol. The molecule has 0 fully saturated rings. The van der Waals surface area contributed by atoms with Gasteiger partial charge in [-0.25, -0.2) is 0 Å². The summed E-state index contributed by atoms with van der Waals surface area (Å²) in [7, 11) is 0. The molecule has 1 N–H and O–H groups in total. The van der Waals surface area contributed by atoms with Gasteiger partial charge in [-0.2, -0.15) is 0 Å². The molecule has 0 aromatic heterocycles. The lowest BCUT2D eigenvalue weighted by molar-refractivity contribution is 0.157. The van der Waals surface area contributed by atoms with E-state index in [1.165, 1.54) is 43.5 Å². The van der Waals surface area contributed by atoms with Gasteiger partial charge in [0.1, 0.15) is 5.75 Å². The van der Waals surface area contributed by atoms with E-state index in [2.05, 4.69) is 31.7 Å². The van der Waals surface area contributed by atoms with E-state index in [1.54, 1.807) is 0 Å². The smallest absolute Gasteiger partial charge is 0.119 e. The Bertz CT molecular complexity index is 410. The van der Waals surface area contributed by atoms with Crippen LogP contribution in [0.15, 0.2) is 18.2 Å². The Balaban J connectivity index is 2.24. The number of hydrogen-bond donors (Lipinski definition) is 1. The molecule has 0 spiro atoms. The van der Waals surface area contributed by atoms with Crippen LogP contribution < -0.4 is 0 Å². The Morgan fingerprint density at radius 2 is 1.89 bits per heavy atom. The number of benzene rings is 1. The Labute approximate surface area is 117 Å². The number of rotatable bonds is 5. The lowest BCUT2D eigenvalue weighted by Gasteiger charge is -2.39. The Hall–Kier alpha value is -1.02. The minimum atomic E-state index is 0.433. The van der Waals surface area contributed by atoms with Gasteiger partial charge >= 0.3 is 0 Å². The molecule has 0 aliphatic heterocycles.